The Morgan fingerprint density at radius 2 is 1.65 bits per heavy atom. The van der Waals surface area contributed by atoms with Crippen LogP contribution in [0.1, 0.15) is 43.6 Å². The van der Waals surface area contributed by atoms with Gasteiger partial charge in [0, 0.05) is 7.05 Å². The highest BCUT2D eigenvalue weighted by Crippen LogP contribution is 2.28. The topological polar surface area (TPSA) is 64.4 Å². The third kappa shape index (κ3) is 4.31. The molecule has 6 nitrogen and oxygen atoms in total. The first kappa shape index (κ1) is 23.2. The summed E-state index contributed by atoms with van der Waals surface area (Å²) < 4.78 is 6.87. The van der Waals surface area contributed by atoms with Crippen LogP contribution in [0.25, 0.3) is 16.6 Å². The summed E-state index contributed by atoms with van der Waals surface area (Å²) in [5.41, 5.74) is 2.08. The Hall–Kier alpha value is -3.93. The molecule has 0 aliphatic rings. The molecule has 2 atom stereocenters. The lowest BCUT2D eigenvalue weighted by Crippen LogP contribution is -2.37. The van der Waals surface area contributed by atoms with E-state index in [2.05, 4.69) is 0 Å². The van der Waals surface area contributed by atoms with Gasteiger partial charge in [0.05, 0.1) is 35.7 Å². The molecule has 0 aliphatic heterocycles. The molecule has 1 aromatic heterocycles. The van der Waals surface area contributed by atoms with Crippen molar-refractivity contribution in [1.82, 2.24) is 14.5 Å². The second-order valence-corrected chi connectivity index (χ2v) is 8.32. The molecule has 0 bridgehead atoms. The number of aromatic nitrogens is 2. The molecule has 0 saturated heterocycles. The number of amides is 1. The second-order valence-electron chi connectivity index (χ2n) is 8.32. The number of ether oxygens (including phenoxy) is 1. The van der Waals surface area contributed by atoms with Crippen LogP contribution in [0.3, 0.4) is 0 Å². The molecule has 1 amide bonds. The first-order valence-electron chi connectivity index (χ1n) is 11.4. The molecule has 0 spiro atoms. The van der Waals surface area contributed by atoms with Gasteiger partial charge in [-0.1, -0.05) is 49.4 Å². The van der Waals surface area contributed by atoms with E-state index in [1.165, 1.54) is 0 Å². The summed E-state index contributed by atoms with van der Waals surface area (Å²) in [4.78, 5) is 33.7. The highest BCUT2D eigenvalue weighted by molar-refractivity contribution is 5.84. The van der Waals surface area contributed by atoms with Crippen molar-refractivity contribution in [1.29, 1.82) is 0 Å². The van der Waals surface area contributed by atoms with E-state index < -0.39 is 6.04 Å². The Bertz CT molecular complexity index is 1350. The number of carbonyl (C=O) groups is 1. The van der Waals surface area contributed by atoms with Gasteiger partial charge in [-0.25, -0.2) is 4.98 Å². The zero-order chi connectivity index (χ0) is 24.2. The van der Waals surface area contributed by atoms with Crippen molar-refractivity contribution in [3.63, 3.8) is 0 Å². The SMILES string of the molecule is CCC(C(=O)N(C)C(C)c1nc2ccccc2c(=O)n1-c1ccc(OC)cc1)c1ccccc1. The number of rotatable bonds is 7. The molecule has 1 heterocycles. The summed E-state index contributed by atoms with van der Waals surface area (Å²) in [7, 11) is 3.38. The Balaban J connectivity index is 1.82. The number of hydrogen-bond donors (Lipinski definition) is 0. The molecule has 0 N–H and O–H groups in total. The molecule has 4 rings (SSSR count). The van der Waals surface area contributed by atoms with Gasteiger partial charge in [0.1, 0.15) is 11.6 Å². The van der Waals surface area contributed by atoms with E-state index in [4.69, 9.17) is 9.72 Å². The molecule has 6 heteroatoms. The van der Waals surface area contributed by atoms with Crippen LogP contribution in [0.5, 0.6) is 5.75 Å². The van der Waals surface area contributed by atoms with Gasteiger partial charge in [0.15, 0.2) is 0 Å². The lowest BCUT2D eigenvalue weighted by molar-refractivity contribution is -0.133. The highest BCUT2D eigenvalue weighted by Gasteiger charge is 2.29. The van der Waals surface area contributed by atoms with Crippen molar-refractivity contribution >= 4 is 16.8 Å². The second kappa shape index (κ2) is 9.91. The Kier molecular flexibility index (Phi) is 6.77. The van der Waals surface area contributed by atoms with E-state index in [-0.39, 0.29) is 17.4 Å². The van der Waals surface area contributed by atoms with Crippen LogP contribution in [0.15, 0.2) is 83.7 Å². The fourth-order valence-corrected chi connectivity index (χ4v) is 4.26. The van der Waals surface area contributed by atoms with E-state index in [1.54, 1.807) is 29.7 Å². The van der Waals surface area contributed by atoms with Gasteiger partial charge in [0.25, 0.3) is 5.56 Å². The summed E-state index contributed by atoms with van der Waals surface area (Å²) in [6.07, 6.45) is 0.677. The lowest BCUT2D eigenvalue weighted by atomic mass is 9.94. The average molecular weight is 456 g/mol. The van der Waals surface area contributed by atoms with E-state index >= 15 is 0 Å². The largest absolute Gasteiger partial charge is 0.497 e. The van der Waals surface area contributed by atoms with Crippen LogP contribution in [-0.4, -0.2) is 34.5 Å². The van der Waals surface area contributed by atoms with Crippen LogP contribution in [0, 0.1) is 0 Å². The number of benzene rings is 3. The quantitative estimate of drug-likeness (QED) is 0.389. The average Bonchev–Trinajstić information content (AvgIpc) is 2.89. The Morgan fingerprint density at radius 3 is 2.29 bits per heavy atom. The lowest BCUT2D eigenvalue weighted by Gasteiger charge is -2.30. The number of para-hydroxylation sites is 1. The fraction of sp³-hybridized carbons (Fsp3) is 0.250. The molecule has 0 radical (unpaired) electrons. The number of fused-ring (bicyclic) bond motifs is 1. The summed E-state index contributed by atoms with van der Waals surface area (Å²) in [5.74, 6) is 0.925. The van der Waals surface area contributed by atoms with Crippen LogP contribution in [-0.2, 0) is 4.79 Å². The minimum atomic E-state index is -0.440. The van der Waals surface area contributed by atoms with Crippen molar-refractivity contribution in [3.8, 4) is 11.4 Å². The van der Waals surface area contributed by atoms with E-state index in [0.717, 1.165) is 5.56 Å². The Labute approximate surface area is 199 Å². The van der Waals surface area contributed by atoms with E-state index in [0.29, 0.717) is 34.6 Å². The van der Waals surface area contributed by atoms with Gasteiger partial charge in [0.2, 0.25) is 5.91 Å². The third-order valence-electron chi connectivity index (χ3n) is 6.34. The summed E-state index contributed by atoms with van der Waals surface area (Å²) >= 11 is 0. The highest BCUT2D eigenvalue weighted by atomic mass is 16.5. The van der Waals surface area contributed by atoms with Gasteiger partial charge in [-0.05, 0) is 55.3 Å². The number of nitrogens with zero attached hydrogens (tertiary/aromatic N) is 3. The molecule has 0 fully saturated rings. The van der Waals surface area contributed by atoms with Crippen molar-refractivity contribution in [2.24, 2.45) is 0 Å². The Morgan fingerprint density at radius 1 is 1.00 bits per heavy atom. The zero-order valence-electron chi connectivity index (χ0n) is 19.9. The van der Waals surface area contributed by atoms with Crippen LogP contribution >= 0.6 is 0 Å². The monoisotopic (exact) mass is 455 g/mol. The molecule has 0 aliphatic carbocycles. The fourth-order valence-electron chi connectivity index (χ4n) is 4.26. The number of carbonyl (C=O) groups excluding carboxylic acids is 1. The molecular formula is C28H29N3O3. The van der Waals surface area contributed by atoms with E-state index in [1.807, 2.05) is 86.6 Å². The van der Waals surface area contributed by atoms with Crippen LogP contribution in [0.4, 0.5) is 0 Å². The third-order valence-corrected chi connectivity index (χ3v) is 6.34. The van der Waals surface area contributed by atoms with Gasteiger partial charge in [-0.15, -0.1) is 0 Å². The normalized spacial score (nSPS) is 12.8. The molecule has 0 saturated carbocycles. The first-order chi connectivity index (χ1) is 16.5. The zero-order valence-corrected chi connectivity index (χ0v) is 19.9. The molecule has 34 heavy (non-hydrogen) atoms. The molecule has 2 unspecified atom stereocenters. The predicted octanol–water partition coefficient (Wildman–Crippen LogP) is 5.11. The van der Waals surface area contributed by atoms with Crippen LogP contribution < -0.4 is 10.3 Å². The van der Waals surface area contributed by atoms with Gasteiger partial charge in [-0.2, -0.15) is 0 Å². The molecule has 4 aromatic rings. The minimum Gasteiger partial charge on any atom is -0.497 e. The standard InChI is InChI=1S/C28H29N3O3/c1-5-23(20-11-7-6-8-12-20)27(32)30(3)19(2)26-29-25-14-10-9-13-24(25)28(33)31(26)21-15-17-22(34-4)18-16-21/h6-19,23H,5H2,1-4H3. The van der Waals surface area contributed by atoms with Crippen molar-refractivity contribution < 1.29 is 9.53 Å². The smallest absolute Gasteiger partial charge is 0.266 e. The summed E-state index contributed by atoms with van der Waals surface area (Å²) in [6, 6.07) is 23.9. The summed E-state index contributed by atoms with van der Waals surface area (Å²) in [5, 5.41) is 0.527. The van der Waals surface area contributed by atoms with Crippen molar-refractivity contribution in [2.75, 3.05) is 14.2 Å². The maximum absolute atomic E-state index is 13.6. The van der Waals surface area contributed by atoms with E-state index in [9.17, 15) is 9.59 Å². The van der Waals surface area contributed by atoms with Crippen molar-refractivity contribution in [2.45, 2.75) is 32.2 Å². The number of hydrogen-bond acceptors (Lipinski definition) is 4. The van der Waals surface area contributed by atoms with Crippen molar-refractivity contribution in [3.05, 3.63) is 101 Å². The molecule has 174 valence electrons. The minimum absolute atomic E-state index is 0.00936. The first-order valence-corrected chi connectivity index (χ1v) is 11.4. The van der Waals surface area contributed by atoms with Gasteiger partial charge < -0.3 is 9.64 Å². The summed E-state index contributed by atoms with van der Waals surface area (Å²) in [6.45, 7) is 3.92. The van der Waals surface area contributed by atoms with Gasteiger partial charge in [-0.3, -0.25) is 14.2 Å². The molecule has 3 aromatic carbocycles. The number of methoxy groups -OCH3 is 1. The van der Waals surface area contributed by atoms with Gasteiger partial charge >= 0.3 is 0 Å². The predicted molar refractivity (Wildman–Crippen MR) is 135 cm³/mol. The maximum Gasteiger partial charge on any atom is 0.266 e. The molecular weight excluding hydrogens is 426 g/mol. The number of likely N-dealkylation sites (N-methyl/N-ethyl adjacent to an activating group) is 1. The maximum atomic E-state index is 13.6. The van der Waals surface area contributed by atoms with Crippen LogP contribution in [0.2, 0.25) is 0 Å².